The second kappa shape index (κ2) is 12.2. The molecular formula is C29H42ClN3O4. The number of nitrogens with zero attached hydrogens (tertiary/aromatic N) is 3. The number of imidazole rings is 1. The van der Waals surface area contributed by atoms with Crippen molar-refractivity contribution in [3.8, 4) is 5.75 Å². The fraction of sp³-hybridized carbons (Fsp3) is 0.552. The summed E-state index contributed by atoms with van der Waals surface area (Å²) in [7, 11) is 0. The van der Waals surface area contributed by atoms with Crippen LogP contribution in [0.4, 0.5) is 0 Å². The molecule has 0 bridgehead atoms. The summed E-state index contributed by atoms with van der Waals surface area (Å²) in [6.07, 6.45) is 6.56. The lowest BCUT2D eigenvalue weighted by Crippen LogP contribution is -2.31. The lowest BCUT2D eigenvalue weighted by Gasteiger charge is -2.28. The highest BCUT2D eigenvalue weighted by atomic mass is 35.5. The average molecular weight is 532 g/mol. The van der Waals surface area contributed by atoms with Gasteiger partial charge in [0.1, 0.15) is 11.4 Å². The Morgan fingerprint density at radius 3 is 2.00 bits per heavy atom. The van der Waals surface area contributed by atoms with E-state index in [9.17, 15) is 14.7 Å². The summed E-state index contributed by atoms with van der Waals surface area (Å²) >= 11 is 5.99. The minimum atomic E-state index is -0.555. The molecule has 1 aromatic carbocycles. The molecule has 7 nitrogen and oxygen atoms in total. The summed E-state index contributed by atoms with van der Waals surface area (Å²) in [5.74, 6) is -0.271. The maximum atomic E-state index is 13.2. The lowest BCUT2D eigenvalue weighted by molar-refractivity contribution is -0.136. The molecule has 0 fully saturated rings. The van der Waals surface area contributed by atoms with Crippen LogP contribution in [0, 0.1) is 5.92 Å². The zero-order valence-electron chi connectivity index (χ0n) is 23.7. The van der Waals surface area contributed by atoms with E-state index < -0.39 is 5.97 Å². The number of rotatable bonds is 9. The minimum Gasteiger partial charge on any atom is -0.507 e. The van der Waals surface area contributed by atoms with Crippen LogP contribution in [0.1, 0.15) is 91.8 Å². The number of ketones is 1. The number of carbonyl (C=O) groups is 2. The SMILES string of the molecule is CCOC(=O)/C(=C\c1cc(C(C)(C)C)c(O)c(C(C)(C)C)c1)n1ccn(CC(=O)C(CC)CC)/c1=N/Cl. The van der Waals surface area contributed by atoms with Crippen LogP contribution in [0.25, 0.3) is 11.8 Å². The zero-order chi connectivity index (χ0) is 28.1. The third-order valence-electron chi connectivity index (χ3n) is 6.51. The van der Waals surface area contributed by atoms with Crippen molar-refractivity contribution in [2.45, 2.75) is 92.5 Å². The van der Waals surface area contributed by atoms with Gasteiger partial charge in [0.05, 0.1) is 13.2 Å². The molecule has 0 aliphatic heterocycles. The van der Waals surface area contributed by atoms with E-state index in [0.29, 0.717) is 0 Å². The van der Waals surface area contributed by atoms with Gasteiger partial charge >= 0.3 is 5.97 Å². The van der Waals surface area contributed by atoms with E-state index in [1.165, 1.54) is 4.57 Å². The molecule has 37 heavy (non-hydrogen) atoms. The van der Waals surface area contributed by atoms with E-state index in [1.54, 1.807) is 30.0 Å². The van der Waals surface area contributed by atoms with Gasteiger partial charge in [-0.3, -0.25) is 9.36 Å². The van der Waals surface area contributed by atoms with Crippen molar-refractivity contribution in [1.82, 2.24) is 9.13 Å². The molecular weight excluding hydrogens is 490 g/mol. The quantitative estimate of drug-likeness (QED) is 0.308. The highest BCUT2D eigenvalue weighted by molar-refractivity contribution is 6.16. The second-order valence-electron chi connectivity index (χ2n) is 11.4. The molecule has 0 spiro atoms. The van der Waals surface area contributed by atoms with Gasteiger partial charge in [0.15, 0.2) is 5.78 Å². The molecule has 1 heterocycles. The molecule has 0 amide bonds. The minimum absolute atomic E-state index is 0.0530. The topological polar surface area (TPSA) is 85.8 Å². The van der Waals surface area contributed by atoms with Crippen LogP contribution in [-0.4, -0.2) is 32.6 Å². The maximum Gasteiger partial charge on any atom is 0.355 e. The monoisotopic (exact) mass is 531 g/mol. The summed E-state index contributed by atoms with van der Waals surface area (Å²) in [5.41, 5.74) is 2.04. The van der Waals surface area contributed by atoms with Crippen LogP contribution in [0.3, 0.4) is 0 Å². The lowest BCUT2D eigenvalue weighted by atomic mass is 9.78. The summed E-state index contributed by atoms with van der Waals surface area (Å²) in [4.78, 5) is 26.0. The summed E-state index contributed by atoms with van der Waals surface area (Å²) < 4.78 is 12.4. The summed E-state index contributed by atoms with van der Waals surface area (Å²) in [5, 5.41) is 11.1. The fourth-order valence-corrected chi connectivity index (χ4v) is 4.51. The fourth-order valence-electron chi connectivity index (χ4n) is 4.33. The van der Waals surface area contributed by atoms with E-state index >= 15 is 0 Å². The van der Waals surface area contributed by atoms with Gasteiger partial charge in [-0.2, -0.15) is 0 Å². The molecule has 204 valence electrons. The Labute approximate surface area is 225 Å². The number of benzene rings is 1. The molecule has 0 aliphatic carbocycles. The molecule has 8 heteroatoms. The van der Waals surface area contributed by atoms with E-state index in [0.717, 1.165) is 29.5 Å². The first-order valence-corrected chi connectivity index (χ1v) is 13.3. The summed E-state index contributed by atoms with van der Waals surface area (Å²) in [6.45, 7) is 18.2. The van der Waals surface area contributed by atoms with Gasteiger partial charge in [-0.25, -0.2) is 4.79 Å². The zero-order valence-corrected chi connectivity index (χ0v) is 24.4. The number of hydrogen-bond donors (Lipinski definition) is 1. The van der Waals surface area contributed by atoms with Gasteiger partial charge in [0.25, 0.3) is 0 Å². The Morgan fingerprint density at radius 2 is 1.57 bits per heavy atom. The highest BCUT2D eigenvalue weighted by Crippen LogP contribution is 2.40. The van der Waals surface area contributed by atoms with Crippen molar-refractivity contribution >= 4 is 35.3 Å². The van der Waals surface area contributed by atoms with Gasteiger partial charge in [0, 0.05) is 41.2 Å². The second-order valence-corrected chi connectivity index (χ2v) is 11.5. The van der Waals surface area contributed by atoms with Crippen molar-refractivity contribution in [3.63, 3.8) is 0 Å². The molecule has 0 radical (unpaired) electrons. The average Bonchev–Trinajstić information content (AvgIpc) is 3.19. The molecule has 0 atom stereocenters. The first-order valence-electron chi connectivity index (χ1n) is 12.9. The number of aromatic nitrogens is 2. The van der Waals surface area contributed by atoms with Crippen LogP contribution >= 0.6 is 11.8 Å². The Kier molecular flexibility index (Phi) is 10.0. The van der Waals surface area contributed by atoms with Crippen molar-refractivity contribution in [1.29, 1.82) is 0 Å². The number of aromatic hydroxyl groups is 1. The molecule has 0 aliphatic rings. The molecule has 1 N–H and O–H groups in total. The van der Waals surface area contributed by atoms with E-state index in [4.69, 9.17) is 16.5 Å². The molecule has 0 unspecified atom stereocenters. The molecule has 2 aromatic rings. The Bertz CT molecular complexity index is 1180. The summed E-state index contributed by atoms with van der Waals surface area (Å²) in [6, 6.07) is 3.77. The Hall–Kier alpha value is -2.80. The van der Waals surface area contributed by atoms with Crippen molar-refractivity contribution < 1.29 is 19.4 Å². The van der Waals surface area contributed by atoms with Crippen LogP contribution < -0.4 is 5.62 Å². The van der Waals surface area contributed by atoms with Crippen LogP contribution in [0.15, 0.2) is 29.0 Å². The van der Waals surface area contributed by atoms with Crippen LogP contribution in [0.5, 0.6) is 5.75 Å². The maximum absolute atomic E-state index is 13.2. The highest BCUT2D eigenvalue weighted by Gasteiger charge is 2.27. The predicted molar refractivity (Wildman–Crippen MR) is 149 cm³/mol. The van der Waals surface area contributed by atoms with Gasteiger partial charge in [-0.15, -0.1) is 4.51 Å². The van der Waals surface area contributed by atoms with Crippen molar-refractivity contribution in [3.05, 3.63) is 46.8 Å². The van der Waals surface area contributed by atoms with Crippen LogP contribution in [0.2, 0.25) is 0 Å². The molecule has 0 saturated carbocycles. The van der Waals surface area contributed by atoms with E-state index in [-0.39, 0.29) is 52.7 Å². The van der Waals surface area contributed by atoms with Gasteiger partial charge < -0.3 is 14.4 Å². The van der Waals surface area contributed by atoms with E-state index in [1.807, 2.05) is 67.5 Å². The first-order chi connectivity index (χ1) is 17.2. The first kappa shape index (κ1) is 30.4. The van der Waals surface area contributed by atoms with Crippen molar-refractivity contribution in [2.75, 3.05) is 6.61 Å². The number of phenols is 1. The predicted octanol–water partition coefficient (Wildman–Crippen LogP) is 6.21. The number of ether oxygens (including phenoxy) is 1. The van der Waals surface area contributed by atoms with Gasteiger partial charge in [0.2, 0.25) is 5.62 Å². The van der Waals surface area contributed by atoms with Gasteiger partial charge in [-0.1, -0.05) is 55.4 Å². The molecule has 1 aromatic heterocycles. The van der Waals surface area contributed by atoms with Crippen molar-refractivity contribution in [2.24, 2.45) is 10.4 Å². The van der Waals surface area contributed by atoms with Crippen LogP contribution in [-0.2, 0) is 31.7 Å². The smallest absolute Gasteiger partial charge is 0.355 e. The largest absolute Gasteiger partial charge is 0.507 e. The standard InChI is InChI=1S/C29H42ClN3O4/c1-10-20(11-2)24(34)18-32-13-14-33(27(32)31-30)23(26(36)37-12-3)17-19-15-21(28(4,5)6)25(35)22(16-19)29(7,8)9/h13-17,20,35H,10-12,18H2,1-9H3/b23-17+,31-27-. The number of Topliss-reactive ketones (excluding diaryl/α,β-unsaturated/α-hetero) is 1. The third kappa shape index (κ3) is 7.16. The molecule has 2 rings (SSSR count). The Balaban J connectivity index is 2.77. The number of hydrogen-bond acceptors (Lipinski definition) is 5. The number of halogens is 1. The molecule has 0 saturated heterocycles. The Morgan fingerprint density at radius 1 is 1.03 bits per heavy atom. The normalized spacial score (nSPS) is 13.4. The number of carbonyl (C=O) groups excluding carboxylic acids is 2. The van der Waals surface area contributed by atoms with Gasteiger partial charge in [-0.05, 0) is 54.4 Å². The third-order valence-corrected chi connectivity index (χ3v) is 6.66. The number of phenolic OH excluding ortho intramolecular Hbond substituents is 1. The number of esters is 1. The van der Waals surface area contributed by atoms with E-state index in [2.05, 4.69) is 4.51 Å².